The molecule has 0 amide bonds. The van der Waals surface area contributed by atoms with Gasteiger partial charge in [0, 0.05) is 22.9 Å². The molecule has 0 aliphatic carbocycles. The van der Waals surface area contributed by atoms with Crippen LogP contribution in [0.15, 0.2) is 102 Å². The highest BCUT2D eigenvalue weighted by molar-refractivity contribution is 6.19. The summed E-state index contributed by atoms with van der Waals surface area (Å²) in [6.07, 6.45) is 2.01. The van der Waals surface area contributed by atoms with E-state index in [2.05, 4.69) is 29.7 Å². The fourth-order valence-corrected chi connectivity index (χ4v) is 5.67. The average molecular weight is 484 g/mol. The number of furan rings is 1. The van der Waals surface area contributed by atoms with E-state index in [4.69, 9.17) is 4.42 Å². The van der Waals surface area contributed by atoms with E-state index in [0.29, 0.717) is 28.3 Å². The van der Waals surface area contributed by atoms with E-state index in [1.807, 2.05) is 80.0 Å². The summed E-state index contributed by atoms with van der Waals surface area (Å²) in [6.45, 7) is 3.86. The van der Waals surface area contributed by atoms with Gasteiger partial charge in [-0.15, -0.1) is 0 Å². The predicted molar refractivity (Wildman–Crippen MR) is 150 cm³/mol. The van der Waals surface area contributed by atoms with Crippen LogP contribution in [0.1, 0.15) is 12.5 Å². The Morgan fingerprint density at radius 3 is 2.22 bits per heavy atom. The number of hydrogen-bond donors (Lipinski definition) is 0. The smallest absolute Gasteiger partial charge is 0.216 e. The van der Waals surface area contributed by atoms with Gasteiger partial charge in [0.15, 0.2) is 6.20 Å². The number of aryl methyl sites for hydroxylation is 3. The molecule has 178 valence electrons. The van der Waals surface area contributed by atoms with Gasteiger partial charge in [-0.25, -0.2) is 8.96 Å². The van der Waals surface area contributed by atoms with Gasteiger partial charge in [0.2, 0.25) is 5.69 Å². The van der Waals surface area contributed by atoms with E-state index in [9.17, 15) is 1.37 Å². The lowest BCUT2D eigenvalue weighted by molar-refractivity contribution is -0.660. The van der Waals surface area contributed by atoms with E-state index < -0.39 is 0 Å². The van der Waals surface area contributed by atoms with E-state index in [-0.39, 0.29) is 5.82 Å². The largest absolute Gasteiger partial charge is 0.454 e. The van der Waals surface area contributed by atoms with Crippen molar-refractivity contribution in [3.8, 4) is 22.4 Å². The third-order valence-corrected chi connectivity index (χ3v) is 7.49. The van der Waals surface area contributed by atoms with Crippen LogP contribution in [0.3, 0.4) is 0 Å². The fraction of sp³-hybridized carbons (Fsp3) is 0.0882. The quantitative estimate of drug-likeness (QED) is 0.177. The lowest BCUT2D eigenvalue weighted by Crippen LogP contribution is -2.30. The standard InChI is InChI=1S/C34H25FNO/c1-20-15-16-26-28-18-21(2)32(35)31(34(28)37-33(26)30(20)29-14-8-9-17-36(29)3)27-19-22-10-4-5-11-23(22)24-12-6-7-13-25(24)27/h4-19H,1-3H3/q+1/i19D. The average Bonchev–Trinajstić information content (AvgIpc) is 3.29. The number of aromatic nitrogens is 1. The van der Waals surface area contributed by atoms with Gasteiger partial charge in [0.1, 0.15) is 24.0 Å². The Kier molecular flexibility index (Phi) is 4.47. The zero-order chi connectivity index (χ0) is 26.1. The van der Waals surface area contributed by atoms with Crippen molar-refractivity contribution in [1.82, 2.24) is 0 Å². The zero-order valence-corrected chi connectivity index (χ0v) is 20.9. The van der Waals surface area contributed by atoms with E-state index in [0.717, 1.165) is 54.7 Å². The normalized spacial score (nSPS) is 12.2. The van der Waals surface area contributed by atoms with Crippen molar-refractivity contribution in [2.45, 2.75) is 13.8 Å². The van der Waals surface area contributed by atoms with Crippen LogP contribution in [-0.2, 0) is 7.05 Å². The van der Waals surface area contributed by atoms with Crippen LogP contribution >= 0.6 is 0 Å². The highest BCUT2D eigenvalue weighted by Crippen LogP contribution is 2.45. The summed E-state index contributed by atoms with van der Waals surface area (Å²) < 4.78 is 34.3. The van der Waals surface area contributed by atoms with E-state index in [1.54, 1.807) is 6.92 Å². The van der Waals surface area contributed by atoms with Crippen molar-refractivity contribution in [2.24, 2.45) is 7.05 Å². The monoisotopic (exact) mass is 483 g/mol. The second-order valence-corrected chi connectivity index (χ2v) is 9.78. The number of fused-ring (bicyclic) bond motifs is 6. The molecule has 0 atom stereocenters. The third-order valence-electron chi connectivity index (χ3n) is 7.49. The summed E-state index contributed by atoms with van der Waals surface area (Å²) >= 11 is 0. The number of halogens is 1. The lowest BCUT2D eigenvalue weighted by Gasteiger charge is -2.13. The van der Waals surface area contributed by atoms with Crippen LogP contribution in [0, 0.1) is 19.7 Å². The molecule has 0 saturated heterocycles. The first-order chi connectivity index (χ1) is 18.5. The molecule has 3 heteroatoms. The Hall–Kier alpha value is -4.50. The van der Waals surface area contributed by atoms with Crippen molar-refractivity contribution in [2.75, 3.05) is 0 Å². The second-order valence-electron chi connectivity index (χ2n) is 9.78. The maximum absolute atomic E-state index is 16.3. The number of pyridine rings is 1. The van der Waals surface area contributed by atoms with Crippen molar-refractivity contribution >= 4 is 43.5 Å². The zero-order valence-electron chi connectivity index (χ0n) is 21.9. The van der Waals surface area contributed by atoms with Crippen molar-refractivity contribution in [3.05, 3.63) is 114 Å². The van der Waals surface area contributed by atoms with Crippen molar-refractivity contribution < 1.29 is 14.7 Å². The molecule has 0 radical (unpaired) electrons. The molecule has 5 aromatic carbocycles. The minimum absolute atomic E-state index is 0.302. The molecule has 2 heterocycles. The van der Waals surface area contributed by atoms with E-state index in [1.165, 1.54) is 0 Å². The Morgan fingerprint density at radius 2 is 1.41 bits per heavy atom. The minimum Gasteiger partial charge on any atom is -0.454 e. The molecule has 0 bridgehead atoms. The molecule has 0 saturated carbocycles. The number of benzene rings is 5. The lowest BCUT2D eigenvalue weighted by atomic mass is 9.91. The topological polar surface area (TPSA) is 17.0 Å². The third kappa shape index (κ3) is 3.14. The van der Waals surface area contributed by atoms with Crippen LogP contribution in [0.2, 0.25) is 0 Å². The van der Waals surface area contributed by atoms with Crippen LogP contribution in [0.4, 0.5) is 4.39 Å². The number of rotatable bonds is 2. The Bertz CT molecular complexity index is 2090. The highest BCUT2D eigenvalue weighted by Gasteiger charge is 2.25. The molecule has 0 spiro atoms. The summed E-state index contributed by atoms with van der Waals surface area (Å²) in [4.78, 5) is 0. The molecule has 2 nitrogen and oxygen atoms in total. The summed E-state index contributed by atoms with van der Waals surface area (Å²) in [5, 5.41) is 5.40. The first-order valence-electron chi connectivity index (χ1n) is 13.0. The van der Waals surface area contributed by atoms with Gasteiger partial charge in [-0.2, -0.15) is 0 Å². The first kappa shape index (κ1) is 20.7. The maximum Gasteiger partial charge on any atom is 0.216 e. The van der Waals surface area contributed by atoms with Crippen molar-refractivity contribution in [1.29, 1.82) is 0 Å². The Morgan fingerprint density at radius 1 is 0.703 bits per heavy atom. The first-order valence-corrected chi connectivity index (χ1v) is 12.5. The molecule has 0 fully saturated rings. The van der Waals surface area contributed by atoms with Gasteiger partial charge in [-0.1, -0.05) is 60.7 Å². The van der Waals surface area contributed by atoms with Gasteiger partial charge in [-0.05, 0) is 70.3 Å². The molecule has 37 heavy (non-hydrogen) atoms. The van der Waals surface area contributed by atoms with Gasteiger partial charge < -0.3 is 4.42 Å². The summed E-state index contributed by atoms with van der Waals surface area (Å²) in [7, 11) is 2.01. The minimum atomic E-state index is -0.353. The maximum atomic E-state index is 16.3. The van der Waals surface area contributed by atoms with Crippen LogP contribution in [0.25, 0.3) is 65.9 Å². The number of nitrogens with zero attached hydrogens (tertiary/aromatic N) is 1. The fourth-order valence-electron chi connectivity index (χ4n) is 5.67. The van der Waals surface area contributed by atoms with Gasteiger partial charge in [0.25, 0.3) is 0 Å². The van der Waals surface area contributed by atoms with Gasteiger partial charge in [0.05, 0.1) is 12.5 Å². The van der Waals surface area contributed by atoms with Crippen LogP contribution in [-0.4, -0.2) is 0 Å². The van der Waals surface area contributed by atoms with Gasteiger partial charge >= 0.3 is 0 Å². The molecule has 0 aliphatic heterocycles. The second kappa shape index (κ2) is 8.01. The molecule has 2 aromatic heterocycles. The van der Waals surface area contributed by atoms with Crippen LogP contribution < -0.4 is 4.57 Å². The SMILES string of the molecule is [2H]c1c(-c2c(F)c(C)cc3c2oc2c(-c4cccc[n+]4C)c(C)ccc23)c2ccccc2c2ccccc12. The molecular weight excluding hydrogens is 457 g/mol. The Balaban J connectivity index is 1.69. The molecule has 0 aliphatic rings. The molecule has 7 rings (SSSR count). The van der Waals surface area contributed by atoms with Crippen molar-refractivity contribution in [3.63, 3.8) is 0 Å². The highest BCUT2D eigenvalue weighted by atomic mass is 19.1. The summed E-state index contributed by atoms with van der Waals surface area (Å²) in [5.41, 5.74) is 5.73. The predicted octanol–water partition coefficient (Wildman–Crippen LogP) is 8.81. The van der Waals surface area contributed by atoms with Gasteiger partial charge in [-0.3, -0.25) is 0 Å². The van der Waals surface area contributed by atoms with E-state index >= 15 is 4.39 Å². The Labute approximate surface area is 215 Å². The molecule has 0 N–H and O–H groups in total. The number of hydrogen-bond acceptors (Lipinski definition) is 1. The van der Waals surface area contributed by atoms with Crippen LogP contribution in [0.5, 0.6) is 0 Å². The molecular formula is C34H25FNO+. The molecule has 0 unspecified atom stereocenters. The molecule has 7 aromatic rings. The summed E-state index contributed by atoms with van der Waals surface area (Å²) in [6, 6.07) is 28.2. The summed E-state index contributed by atoms with van der Waals surface area (Å²) in [5.74, 6) is -0.353.